The van der Waals surface area contributed by atoms with Gasteiger partial charge in [0.25, 0.3) is 0 Å². The van der Waals surface area contributed by atoms with Crippen LogP contribution in [-0.4, -0.2) is 21.3 Å². The minimum atomic E-state index is 0.273. The van der Waals surface area contributed by atoms with Crippen LogP contribution >= 0.6 is 11.8 Å². The Morgan fingerprint density at radius 2 is 2.46 bits per heavy atom. The summed E-state index contributed by atoms with van der Waals surface area (Å²) in [6.45, 7) is 5.15. The van der Waals surface area contributed by atoms with Crippen LogP contribution in [0.15, 0.2) is 12.4 Å². The van der Waals surface area contributed by atoms with Crippen molar-refractivity contribution in [2.24, 2.45) is 5.73 Å². The first-order valence-corrected chi connectivity index (χ1v) is 5.72. The minimum Gasteiger partial charge on any atom is -0.335 e. The van der Waals surface area contributed by atoms with Crippen LogP contribution in [0.25, 0.3) is 0 Å². The topological polar surface area (TPSA) is 43.8 Å². The van der Waals surface area contributed by atoms with Gasteiger partial charge in [-0.2, -0.15) is 11.8 Å². The van der Waals surface area contributed by atoms with Crippen LogP contribution in [0.1, 0.15) is 19.7 Å². The van der Waals surface area contributed by atoms with E-state index < -0.39 is 0 Å². The third-order valence-corrected chi connectivity index (χ3v) is 2.98. The van der Waals surface area contributed by atoms with Gasteiger partial charge in [-0.25, -0.2) is 4.98 Å². The van der Waals surface area contributed by atoms with Crippen LogP contribution in [0.3, 0.4) is 0 Å². The predicted molar refractivity (Wildman–Crippen MR) is 57.7 cm³/mol. The zero-order valence-electron chi connectivity index (χ0n) is 8.23. The molecular weight excluding hydrogens is 182 g/mol. The van der Waals surface area contributed by atoms with Gasteiger partial charge in [-0.1, -0.05) is 0 Å². The average molecular weight is 199 g/mol. The third kappa shape index (κ3) is 3.40. The van der Waals surface area contributed by atoms with Gasteiger partial charge in [0.05, 0.1) is 5.75 Å². The molecule has 0 amide bonds. The fourth-order valence-corrected chi connectivity index (χ4v) is 2.02. The molecule has 1 rings (SSSR count). The Labute approximate surface area is 83.7 Å². The first-order chi connectivity index (χ1) is 6.24. The van der Waals surface area contributed by atoms with E-state index >= 15 is 0 Å². The summed E-state index contributed by atoms with van der Waals surface area (Å²) in [4.78, 5) is 4.29. The second-order valence-corrected chi connectivity index (χ2v) is 4.15. The number of hydrogen-bond acceptors (Lipinski definition) is 3. The van der Waals surface area contributed by atoms with E-state index in [9.17, 15) is 0 Å². The van der Waals surface area contributed by atoms with Gasteiger partial charge in [0.15, 0.2) is 0 Å². The van der Waals surface area contributed by atoms with E-state index in [0.29, 0.717) is 0 Å². The fourth-order valence-electron chi connectivity index (χ4n) is 1.10. The molecule has 3 nitrogen and oxygen atoms in total. The SMILES string of the molecule is CCn1ccnc1CSCC(C)N. The Hall–Kier alpha value is -0.480. The average Bonchev–Trinajstić information content (AvgIpc) is 2.51. The summed E-state index contributed by atoms with van der Waals surface area (Å²) < 4.78 is 2.16. The smallest absolute Gasteiger partial charge is 0.118 e. The number of rotatable bonds is 5. The monoisotopic (exact) mass is 199 g/mol. The number of nitrogens with zero attached hydrogens (tertiary/aromatic N) is 2. The first-order valence-electron chi connectivity index (χ1n) is 4.57. The van der Waals surface area contributed by atoms with Crippen molar-refractivity contribution in [2.45, 2.75) is 32.2 Å². The van der Waals surface area contributed by atoms with Gasteiger partial charge in [-0.3, -0.25) is 0 Å². The summed E-state index contributed by atoms with van der Waals surface area (Å²) >= 11 is 1.84. The first kappa shape index (κ1) is 10.6. The summed E-state index contributed by atoms with van der Waals surface area (Å²) in [5.41, 5.74) is 5.65. The summed E-state index contributed by atoms with van der Waals surface area (Å²) in [5.74, 6) is 3.10. The van der Waals surface area contributed by atoms with Crippen molar-refractivity contribution in [1.29, 1.82) is 0 Å². The number of aromatic nitrogens is 2. The third-order valence-electron chi connectivity index (χ3n) is 1.75. The van der Waals surface area contributed by atoms with E-state index in [-0.39, 0.29) is 6.04 Å². The molecule has 0 radical (unpaired) electrons. The lowest BCUT2D eigenvalue weighted by molar-refractivity contribution is 0.725. The van der Waals surface area contributed by atoms with Gasteiger partial charge in [0, 0.05) is 30.7 Å². The van der Waals surface area contributed by atoms with Crippen LogP contribution in [0.4, 0.5) is 0 Å². The molecule has 0 aliphatic rings. The van der Waals surface area contributed by atoms with Crippen molar-refractivity contribution < 1.29 is 0 Å². The largest absolute Gasteiger partial charge is 0.335 e. The van der Waals surface area contributed by atoms with Crippen molar-refractivity contribution in [3.05, 3.63) is 18.2 Å². The van der Waals surface area contributed by atoms with Gasteiger partial charge in [0.1, 0.15) is 5.82 Å². The summed E-state index contributed by atoms with van der Waals surface area (Å²) in [6.07, 6.45) is 3.87. The van der Waals surface area contributed by atoms with Crippen molar-refractivity contribution in [3.8, 4) is 0 Å². The summed E-state index contributed by atoms with van der Waals surface area (Å²) in [7, 11) is 0. The molecule has 13 heavy (non-hydrogen) atoms. The standard InChI is InChI=1S/C9H17N3S/c1-3-12-5-4-11-9(12)7-13-6-8(2)10/h4-5,8H,3,6-7,10H2,1-2H3. The summed E-state index contributed by atoms with van der Waals surface area (Å²) in [6, 6.07) is 0.273. The molecule has 0 spiro atoms. The Morgan fingerprint density at radius 1 is 1.69 bits per heavy atom. The molecule has 0 aliphatic carbocycles. The molecule has 0 saturated heterocycles. The van der Waals surface area contributed by atoms with Gasteiger partial charge in [-0.15, -0.1) is 0 Å². The Kier molecular flexibility index (Phi) is 4.32. The molecule has 1 unspecified atom stereocenters. The maximum absolute atomic E-state index is 5.65. The van der Waals surface area contributed by atoms with E-state index in [1.165, 1.54) is 0 Å². The van der Waals surface area contributed by atoms with Crippen LogP contribution < -0.4 is 5.73 Å². The highest BCUT2D eigenvalue weighted by atomic mass is 32.2. The minimum absolute atomic E-state index is 0.273. The highest BCUT2D eigenvalue weighted by molar-refractivity contribution is 7.98. The zero-order chi connectivity index (χ0) is 9.68. The highest BCUT2D eigenvalue weighted by Crippen LogP contribution is 2.10. The van der Waals surface area contributed by atoms with Gasteiger partial charge in [-0.05, 0) is 13.8 Å². The van der Waals surface area contributed by atoms with Crippen molar-refractivity contribution >= 4 is 11.8 Å². The normalized spacial score (nSPS) is 13.2. The number of nitrogens with two attached hydrogens (primary N) is 1. The molecule has 0 aromatic carbocycles. The van der Waals surface area contributed by atoms with Crippen LogP contribution in [-0.2, 0) is 12.3 Å². The van der Waals surface area contributed by atoms with E-state index in [0.717, 1.165) is 23.9 Å². The molecule has 2 N–H and O–H groups in total. The van der Waals surface area contributed by atoms with Gasteiger partial charge < -0.3 is 10.3 Å². The van der Waals surface area contributed by atoms with Crippen LogP contribution in [0.5, 0.6) is 0 Å². The van der Waals surface area contributed by atoms with Gasteiger partial charge in [0.2, 0.25) is 0 Å². The zero-order valence-corrected chi connectivity index (χ0v) is 9.05. The molecule has 0 aliphatic heterocycles. The molecular formula is C9H17N3S. The maximum Gasteiger partial charge on any atom is 0.118 e. The predicted octanol–water partition coefficient (Wildman–Crippen LogP) is 1.48. The van der Waals surface area contributed by atoms with E-state index in [1.54, 1.807) is 0 Å². The second kappa shape index (κ2) is 5.29. The lowest BCUT2D eigenvalue weighted by Gasteiger charge is -2.06. The molecule has 1 heterocycles. The number of aryl methyl sites for hydroxylation is 1. The lowest BCUT2D eigenvalue weighted by Crippen LogP contribution is -2.17. The quantitative estimate of drug-likeness (QED) is 0.781. The Balaban J connectivity index is 2.36. The van der Waals surface area contributed by atoms with E-state index in [4.69, 9.17) is 5.73 Å². The number of hydrogen-bond donors (Lipinski definition) is 1. The molecule has 1 aromatic rings. The molecule has 1 atom stereocenters. The Morgan fingerprint density at radius 3 is 3.08 bits per heavy atom. The molecule has 74 valence electrons. The molecule has 0 fully saturated rings. The second-order valence-electron chi connectivity index (χ2n) is 3.12. The Bertz CT molecular complexity index is 245. The molecule has 0 bridgehead atoms. The van der Waals surface area contributed by atoms with Crippen molar-refractivity contribution in [1.82, 2.24) is 9.55 Å². The summed E-state index contributed by atoms with van der Waals surface area (Å²) in [5, 5.41) is 0. The number of thioether (sulfide) groups is 1. The van der Waals surface area contributed by atoms with Crippen molar-refractivity contribution in [3.63, 3.8) is 0 Å². The van der Waals surface area contributed by atoms with Gasteiger partial charge >= 0.3 is 0 Å². The lowest BCUT2D eigenvalue weighted by atomic mass is 10.4. The van der Waals surface area contributed by atoms with E-state index in [1.807, 2.05) is 31.1 Å². The number of imidazole rings is 1. The molecule has 0 saturated carbocycles. The maximum atomic E-state index is 5.65. The van der Waals surface area contributed by atoms with Crippen molar-refractivity contribution in [2.75, 3.05) is 5.75 Å². The highest BCUT2D eigenvalue weighted by Gasteiger charge is 2.01. The fraction of sp³-hybridized carbons (Fsp3) is 0.667. The molecule has 4 heteroatoms. The molecule has 1 aromatic heterocycles. The van der Waals surface area contributed by atoms with E-state index in [2.05, 4.69) is 16.5 Å². The van der Waals surface area contributed by atoms with Crippen LogP contribution in [0.2, 0.25) is 0 Å². The van der Waals surface area contributed by atoms with Crippen LogP contribution in [0, 0.1) is 0 Å².